The molecule has 13 heavy (non-hydrogen) atoms. The number of hydrogen-bond acceptors (Lipinski definition) is 3. The Morgan fingerprint density at radius 2 is 2.15 bits per heavy atom. The molecule has 0 saturated carbocycles. The summed E-state index contributed by atoms with van der Waals surface area (Å²) in [5, 5.41) is 3.68. The van der Waals surface area contributed by atoms with E-state index in [4.69, 9.17) is 5.73 Å². The molecule has 72 valence electrons. The van der Waals surface area contributed by atoms with Gasteiger partial charge in [-0.25, -0.2) is 0 Å². The maximum atomic E-state index is 10.9. The van der Waals surface area contributed by atoms with Gasteiger partial charge in [0.05, 0.1) is 5.00 Å². The minimum atomic E-state index is -0.0454. The van der Waals surface area contributed by atoms with Gasteiger partial charge in [0.2, 0.25) is 5.91 Å². The Labute approximate surface area is 81.9 Å². The fourth-order valence-corrected chi connectivity index (χ4v) is 2.32. The molecule has 0 aromatic carbocycles. The molecule has 1 aromatic heterocycles. The monoisotopic (exact) mass is 198 g/mol. The van der Waals surface area contributed by atoms with E-state index < -0.39 is 0 Å². The Morgan fingerprint density at radius 3 is 2.62 bits per heavy atom. The van der Waals surface area contributed by atoms with Crippen molar-refractivity contribution in [1.82, 2.24) is 0 Å². The average molecular weight is 198 g/mol. The van der Waals surface area contributed by atoms with Gasteiger partial charge < -0.3 is 11.1 Å². The molecular formula is C9H14N2OS. The Kier molecular flexibility index (Phi) is 3.06. The predicted molar refractivity (Wildman–Crippen MR) is 56.0 cm³/mol. The predicted octanol–water partition coefficient (Wildman–Crippen LogP) is 1.78. The van der Waals surface area contributed by atoms with Gasteiger partial charge >= 0.3 is 0 Å². The minimum absolute atomic E-state index is 0.0454. The Bertz CT molecular complexity index is 331. The second-order valence-electron chi connectivity index (χ2n) is 2.98. The van der Waals surface area contributed by atoms with Crippen LogP contribution >= 0.6 is 11.3 Å². The van der Waals surface area contributed by atoms with Crippen LogP contribution in [0, 0.1) is 13.8 Å². The second-order valence-corrected chi connectivity index (χ2v) is 4.20. The molecule has 3 N–H and O–H groups in total. The van der Waals surface area contributed by atoms with E-state index in [0.29, 0.717) is 6.54 Å². The molecule has 0 bridgehead atoms. The van der Waals surface area contributed by atoms with Crippen molar-refractivity contribution in [3.63, 3.8) is 0 Å². The summed E-state index contributed by atoms with van der Waals surface area (Å²) in [6.07, 6.45) is 0. The minimum Gasteiger partial charge on any atom is -0.326 e. The van der Waals surface area contributed by atoms with E-state index in [9.17, 15) is 4.79 Å². The summed E-state index contributed by atoms with van der Waals surface area (Å²) in [5.74, 6) is -0.0454. The largest absolute Gasteiger partial charge is 0.326 e. The molecule has 0 saturated heterocycles. The van der Waals surface area contributed by atoms with Gasteiger partial charge in [0.1, 0.15) is 0 Å². The summed E-state index contributed by atoms with van der Waals surface area (Å²) in [4.78, 5) is 12.1. The SMILES string of the molecule is CC(=O)Nc1sc(C)c(C)c1CN. The fourth-order valence-electron chi connectivity index (χ4n) is 1.18. The lowest BCUT2D eigenvalue weighted by atomic mass is 10.1. The molecule has 1 amide bonds. The van der Waals surface area contributed by atoms with Crippen molar-refractivity contribution in [2.45, 2.75) is 27.3 Å². The molecule has 0 radical (unpaired) electrons. The van der Waals surface area contributed by atoms with Crippen LogP contribution in [0.5, 0.6) is 0 Å². The van der Waals surface area contributed by atoms with E-state index >= 15 is 0 Å². The van der Waals surface area contributed by atoms with E-state index in [1.165, 1.54) is 17.4 Å². The zero-order valence-corrected chi connectivity index (χ0v) is 8.92. The fraction of sp³-hybridized carbons (Fsp3) is 0.444. The van der Waals surface area contributed by atoms with Crippen LogP contribution in [0.4, 0.5) is 5.00 Å². The number of nitrogens with one attached hydrogen (secondary N) is 1. The van der Waals surface area contributed by atoms with Crippen LogP contribution < -0.4 is 11.1 Å². The zero-order valence-electron chi connectivity index (χ0n) is 8.10. The lowest BCUT2D eigenvalue weighted by molar-refractivity contribution is -0.114. The van der Waals surface area contributed by atoms with Crippen molar-refractivity contribution >= 4 is 22.2 Å². The van der Waals surface area contributed by atoms with E-state index in [1.807, 2.05) is 13.8 Å². The number of nitrogens with two attached hydrogens (primary N) is 1. The molecule has 0 spiro atoms. The number of carbonyl (C=O) groups is 1. The van der Waals surface area contributed by atoms with Crippen LogP contribution in [0.1, 0.15) is 22.9 Å². The van der Waals surface area contributed by atoms with Crippen molar-refractivity contribution in [2.24, 2.45) is 5.73 Å². The van der Waals surface area contributed by atoms with Crippen LogP contribution in [0.25, 0.3) is 0 Å². The first kappa shape index (κ1) is 10.2. The number of thiophene rings is 1. The molecular weight excluding hydrogens is 184 g/mol. The van der Waals surface area contributed by atoms with Crippen LogP contribution in [-0.4, -0.2) is 5.91 Å². The third-order valence-electron chi connectivity index (χ3n) is 2.00. The summed E-state index contributed by atoms with van der Waals surface area (Å²) in [7, 11) is 0. The van der Waals surface area contributed by atoms with E-state index in [-0.39, 0.29) is 5.91 Å². The number of carbonyl (C=O) groups excluding carboxylic acids is 1. The summed E-state index contributed by atoms with van der Waals surface area (Å²) < 4.78 is 0. The molecule has 0 aliphatic heterocycles. The number of amides is 1. The van der Waals surface area contributed by atoms with E-state index in [2.05, 4.69) is 5.32 Å². The quantitative estimate of drug-likeness (QED) is 0.761. The van der Waals surface area contributed by atoms with Gasteiger partial charge in [-0.1, -0.05) is 0 Å². The topological polar surface area (TPSA) is 55.1 Å². The standard InChI is InChI=1S/C9H14N2OS/c1-5-6(2)13-9(8(5)4-10)11-7(3)12/h4,10H2,1-3H3,(H,11,12). The highest BCUT2D eigenvalue weighted by atomic mass is 32.1. The van der Waals surface area contributed by atoms with Crippen LogP contribution in [0.2, 0.25) is 0 Å². The van der Waals surface area contributed by atoms with Gasteiger partial charge in [-0.05, 0) is 19.4 Å². The number of hydrogen-bond donors (Lipinski definition) is 2. The van der Waals surface area contributed by atoms with E-state index in [1.54, 1.807) is 11.3 Å². The van der Waals surface area contributed by atoms with Crippen LogP contribution in [-0.2, 0) is 11.3 Å². The van der Waals surface area contributed by atoms with E-state index in [0.717, 1.165) is 10.6 Å². The number of aryl methyl sites for hydroxylation is 1. The van der Waals surface area contributed by atoms with Gasteiger partial charge in [-0.2, -0.15) is 0 Å². The lowest BCUT2D eigenvalue weighted by Gasteiger charge is -2.01. The normalized spacial score (nSPS) is 10.2. The lowest BCUT2D eigenvalue weighted by Crippen LogP contribution is -2.08. The molecule has 0 unspecified atom stereocenters. The molecule has 1 rings (SSSR count). The highest BCUT2D eigenvalue weighted by Gasteiger charge is 2.11. The van der Waals surface area contributed by atoms with Crippen molar-refractivity contribution in [1.29, 1.82) is 0 Å². The molecule has 0 atom stereocenters. The van der Waals surface area contributed by atoms with Crippen molar-refractivity contribution in [2.75, 3.05) is 5.32 Å². The molecule has 0 fully saturated rings. The summed E-state index contributed by atoms with van der Waals surface area (Å²) in [6, 6.07) is 0. The first-order valence-corrected chi connectivity index (χ1v) is 4.94. The van der Waals surface area contributed by atoms with Gasteiger partial charge in [0, 0.05) is 23.9 Å². The smallest absolute Gasteiger partial charge is 0.221 e. The Morgan fingerprint density at radius 1 is 1.54 bits per heavy atom. The molecule has 0 aliphatic rings. The highest BCUT2D eigenvalue weighted by molar-refractivity contribution is 7.16. The summed E-state index contributed by atoms with van der Waals surface area (Å²) >= 11 is 1.58. The summed E-state index contributed by atoms with van der Waals surface area (Å²) in [6.45, 7) is 6.04. The number of anilines is 1. The maximum absolute atomic E-state index is 10.9. The average Bonchev–Trinajstić information content (AvgIpc) is 2.27. The van der Waals surface area contributed by atoms with Crippen molar-refractivity contribution in [3.8, 4) is 0 Å². The third kappa shape index (κ3) is 2.08. The van der Waals surface area contributed by atoms with Gasteiger partial charge in [-0.15, -0.1) is 11.3 Å². The summed E-state index contributed by atoms with van der Waals surface area (Å²) in [5.41, 5.74) is 7.84. The molecule has 4 heteroatoms. The second kappa shape index (κ2) is 3.89. The highest BCUT2D eigenvalue weighted by Crippen LogP contribution is 2.31. The number of rotatable bonds is 2. The molecule has 0 aliphatic carbocycles. The van der Waals surface area contributed by atoms with Crippen LogP contribution in [0.3, 0.4) is 0 Å². The Hall–Kier alpha value is -0.870. The van der Waals surface area contributed by atoms with Crippen molar-refractivity contribution < 1.29 is 4.79 Å². The van der Waals surface area contributed by atoms with Crippen molar-refractivity contribution in [3.05, 3.63) is 16.0 Å². The van der Waals surface area contributed by atoms with Gasteiger partial charge in [0.15, 0.2) is 0 Å². The Balaban J connectivity index is 3.06. The third-order valence-corrected chi connectivity index (χ3v) is 3.17. The van der Waals surface area contributed by atoms with Gasteiger partial charge in [-0.3, -0.25) is 4.79 Å². The first-order valence-electron chi connectivity index (χ1n) is 4.12. The van der Waals surface area contributed by atoms with Crippen LogP contribution in [0.15, 0.2) is 0 Å². The zero-order chi connectivity index (χ0) is 10.0. The first-order chi connectivity index (χ1) is 6.06. The molecule has 1 heterocycles. The van der Waals surface area contributed by atoms with Gasteiger partial charge in [0.25, 0.3) is 0 Å². The molecule has 3 nitrogen and oxygen atoms in total. The molecule has 1 aromatic rings. The maximum Gasteiger partial charge on any atom is 0.221 e.